The molecule has 0 amide bonds. The maximum Gasteiger partial charge on any atom is 0.0450 e. The summed E-state index contributed by atoms with van der Waals surface area (Å²) in [5, 5.41) is 0. The molecular formula is C23H35N. The Labute approximate surface area is 148 Å². The van der Waals surface area contributed by atoms with Crippen LogP contribution in [0.15, 0.2) is 12.2 Å². The average molecular weight is 326 g/mol. The summed E-state index contributed by atoms with van der Waals surface area (Å²) in [6.45, 7) is 16.8. The van der Waals surface area contributed by atoms with Gasteiger partial charge in [-0.05, 0) is 59.6 Å². The Bertz CT molecular complexity index is 670. The third kappa shape index (κ3) is 3.15. The predicted molar refractivity (Wildman–Crippen MR) is 106 cm³/mol. The van der Waals surface area contributed by atoms with Gasteiger partial charge in [0.2, 0.25) is 0 Å². The molecule has 0 bridgehead atoms. The Morgan fingerprint density at radius 1 is 1.08 bits per heavy atom. The van der Waals surface area contributed by atoms with Gasteiger partial charge < -0.3 is 4.57 Å². The van der Waals surface area contributed by atoms with Crippen molar-refractivity contribution in [1.29, 1.82) is 0 Å². The number of fused-ring (bicyclic) bond motifs is 3. The molecule has 1 heterocycles. The van der Waals surface area contributed by atoms with Gasteiger partial charge in [0.05, 0.1) is 0 Å². The molecular weight excluding hydrogens is 290 g/mol. The second-order valence-corrected chi connectivity index (χ2v) is 10.2. The molecule has 0 saturated heterocycles. The first-order valence-electron chi connectivity index (χ1n) is 9.69. The highest BCUT2D eigenvalue weighted by Gasteiger charge is 2.36. The number of allylic oxidation sites excluding steroid dienone is 2. The van der Waals surface area contributed by atoms with Crippen molar-refractivity contribution in [2.24, 2.45) is 10.8 Å². The van der Waals surface area contributed by atoms with E-state index in [9.17, 15) is 0 Å². The third-order valence-electron chi connectivity index (χ3n) is 5.63. The highest BCUT2D eigenvalue weighted by molar-refractivity contribution is 5.69. The quantitative estimate of drug-likeness (QED) is 0.552. The summed E-state index contributed by atoms with van der Waals surface area (Å²) in [5.41, 5.74) is 6.81. The zero-order valence-corrected chi connectivity index (χ0v) is 16.7. The molecule has 0 saturated carbocycles. The van der Waals surface area contributed by atoms with E-state index in [0.717, 1.165) is 0 Å². The molecule has 2 unspecified atom stereocenters. The van der Waals surface area contributed by atoms with Gasteiger partial charge in [0, 0.05) is 17.4 Å². The number of rotatable bonds is 2. The molecule has 0 aromatic carbocycles. The van der Waals surface area contributed by atoms with E-state index in [0.29, 0.717) is 17.4 Å². The van der Waals surface area contributed by atoms with Crippen molar-refractivity contribution >= 4 is 12.2 Å². The fourth-order valence-electron chi connectivity index (χ4n) is 4.47. The van der Waals surface area contributed by atoms with E-state index in [1.165, 1.54) is 36.9 Å². The Balaban J connectivity index is 2.23. The topological polar surface area (TPSA) is 4.93 Å². The van der Waals surface area contributed by atoms with E-state index in [-0.39, 0.29) is 5.41 Å². The second kappa shape index (κ2) is 5.93. The maximum absolute atomic E-state index is 2.74. The van der Waals surface area contributed by atoms with Crippen molar-refractivity contribution in [3.8, 4) is 0 Å². The van der Waals surface area contributed by atoms with Crippen molar-refractivity contribution in [3.05, 3.63) is 34.7 Å². The van der Waals surface area contributed by atoms with Gasteiger partial charge >= 0.3 is 0 Å². The normalized spacial score (nSPS) is 21.5. The summed E-state index contributed by atoms with van der Waals surface area (Å²) in [7, 11) is 0. The molecule has 0 aliphatic heterocycles. The number of hydrogen-bond donors (Lipinski definition) is 0. The van der Waals surface area contributed by atoms with Gasteiger partial charge in [-0.2, -0.15) is 0 Å². The van der Waals surface area contributed by atoms with Gasteiger partial charge in [-0.25, -0.2) is 0 Å². The van der Waals surface area contributed by atoms with Crippen LogP contribution in [0, 0.1) is 10.8 Å². The SMILES string of the molecule is CC1CC=Cc2c1c1c(n2C(CC(C)(C)C)C(C)(C)C)CCC=C1. The van der Waals surface area contributed by atoms with E-state index in [1.807, 2.05) is 0 Å². The van der Waals surface area contributed by atoms with Crippen molar-refractivity contribution in [3.63, 3.8) is 0 Å². The fraction of sp³-hybridized carbons (Fsp3) is 0.652. The molecule has 1 aromatic heterocycles. The molecule has 132 valence electrons. The fourth-order valence-corrected chi connectivity index (χ4v) is 4.47. The second-order valence-electron chi connectivity index (χ2n) is 10.2. The Morgan fingerprint density at radius 3 is 2.42 bits per heavy atom. The van der Waals surface area contributed by atoms with Crippen molar-refractivity contribution in [1.82, 2.24) is 4.57 Å². The highest BCUT2D eigenvalue weighted by Crippen LogP contribution is 2.47. The highest BCUT2D eigenvalue weighted by atomic mass is 15.1. The lowest BCUT2D eigenvalue weighted by molar-refractivity contribution is 0.167. The molecule has 24 heavy (non-hydrogen) atoms. The number of hydrogen-bond acceptors (Lipinski definition) is 0. The molecule has 2 aliphatic carbocycles. The molecule has 1 heteroatoms. The molecule has 2 aliphatic rings. The van der Waals surface area contributed by atoms with Crippen LogP contribution in [0.4, 0.5) is 0 Å². The van der Waals surface area contributed by atoms with Crippen LogP contribution in [0.3, 0.4) is 0 Å². The van der Waals surface area contributed by atoms with Crippen LogP contribution in [-0.4, -0.2) is 4.57 Å². The minimum atomic E-state index is 0.253. The Morgan fingerprint density at radius 2 is 1.79 bits per heavy atom. The lowest BCUT2D eigenvalue weighted by Gasteiger charge is -2.39. The summed E-state index contributed by atoms with van der Waals surface area (Å²) in [6, 6.07) is 0.538. The zero-order valence-electron chi connectivity index (χ0n) is 16.7. The minimum absolute atomic E-state index is 0.253. The summed E-state index contributed by atoms with van der Waals surface area (Å²) < 4.78 is 2.74. The van der Waals surface area contributed by atoms with E-state index < -0.39 is 0 Å². The van der Waals surface area contributed by atoms with E-state index in [2.05, 4.69) is 77.3 Å². The standard InChI is InChI=1S/C23H35N/c1-16-11-10-14-19-21(16)17-12-8-9-13-18(17)24(19)20(23(5,6)7)15-22(2,3)4/h8,10,12,14,16,20H,9,11,13,15H2,1-7H3. The molecule has 1 aromatic rings. The molecule has 1 nitrogen and oxygen atoms in total. The summed E-state index contributed by atoms with van der Waals surface area (Å²) in [6.07, 6.45) is 14.3. The Hall–Kier alpha value is -1.24. The van der Waals surface area contributed by atoms with Gasteiger partial charge in [0.25, 0.3) is 0 Å². The summed E-state index contributed by atoms with van der Waals surface area (Å²) in [4.78, 5) is 0. The maximum atomic E-state index is 2.74. The summed E-state index contributed by atoms with van der Waals surface area (Å²) in [5.74, 6) is 0.637. The van der Waals surface area contributed by atoms with Gasteiger partial charge in [-0.15, -0.1) is 0 Å². The van der Waals surface area contributed by atoms with E-state index in [4.69, 9.17) is 0 Å². The smallest absolute Gasteiger partial charge is 0.0450 e. The van der Waals surface area contributed by atoms with Crippen LogP contribution in [-0.2, 0) is 6.42 Å². The van der Waals surface area contributed by atoms with Gasteiger partial charge in [-0.1, -0.05) is 66.7 Å². The minimum Gasteiger partial charge on any atom is -0.341 e. The first-order valence-corrected chi connectivity index (χ1v) is 9.69. The monoisotopic (exact) mass is 325 g/mol. The van der Waals surface area contributed by atoms with E-state index >= 15 is 0 Å². The van der Waals surface area contributed by atoms with Gasteiger partial charge in [0.1, 0.15) is 0 Å². The zero-order chi connectivity index (χ0) is 17.7. The van der Waals surface area contributed by atoms with Crippen molar-refractivity contribution < 1.29 is 0 Å². The van der Waals surface area contributed by atoms with Crippen LogP contribution in [0.5, 0.6) is 0 Å². The molecule has 0 fully saturated rings. The van der Waals surface area contributed by atoms with Gasteiger partial charge in [-0.3, -0.25) is 0 Å². The molecule has 0 N–H and O–H groups in total. The molecule has 3 rings (SSSR count). The van der Waals surface area contributed by atoms with Crippen LogP contribution in [0.1, 0.15) is 102 Å². The van der Waals surface area contributed by atoms with Crippen LogP contribution < -0.4 is 0 Å². The van der Waals surface area contributed by atoms with Crippen LogP contribution >= 0.6 is 0 Å². The molecule has 2 atom stereocenters. The average Bonchev–Trinajstić information content (AvgIpc) is 2.78. The van der Waals surface area contributed by atoms with Crippen LogP contribution in [0.2, 0.25) is 0 Å². The largest absolute Gasteiger partial charge is 0.341 e. The van der Waals surface area contributed by atoms with Gasteiger partial charge in [0.15, 0.2) is 0 Å². The molecule has 0 radical (unpaired) electrons. The number of aromatic nitrogens is 1. The molecule has 0 spiro atoms. The third-order valence-corrected chi connectivity index (χ3v) is 5.63. The van der Waals surface area contributed by atoms with Crippen molar-refractivity contribution in [2.45, 2.75) is 86.1 Å². The van der Waals surface area contributed by atoms with E-state index in [1.54, 1.807) is 11.3 Å². The first kappa shape index (κ1) is 17.6. The summed E-state index contributed by atoms with van der Waals surface area (Å²) >= 11 is 0. The first-order chi connectivity index (χ1) is 11.1. The predicted octanol–water partition coefficient (Wildman–Crippen LogP) is 6.99. The lowest BCUT2D eigenvalue weighted by Crippen LogP contribution is -2.30. The van der Waals surface area contributed by atoms with Crippen LogP contribution in [0.25, 0.3) is 12.2 Å². The Kier molecular flexibility index (Phi) is 4.35. The van der Waals surface area contributed by atoms with Crippen molar-refractivity contribution in [2.75, 3.05) is 0 Å². The number of nitrogens with zero attached hydrogens (tertiary/aromatic N) is 1. The lowest BCUT2D eigenvalue weighted by atomic mass is 9.76.